The maximum Gasteiger partial charge on any atom is 0.285 e. The van der Waals surface area contributed by atoms with Crippen molar-refractivity contribution in [1.82, 2.24) is 4.57 Å². The molecule has 0 atom stereocenters. The van der Waals surface area contributed by atoms with E-state index in [1.165, 1.54) is 103 Å². The molecule has 0 unspecified atom stereocenters. The fraction of sp³-hybridized carbons (Fsp3) is 0.261. The van der Waals surface area contributed by atoms with Crippen LogP contribution in [-0.4, -0.2) is 10.6 Å². The van der Waals surface area contributed by atoms with E-state index in [0.29, 0.717) is 0 Å². The van der Waals surface area contributed by atoms with Gasteiger partial charge in [-0.3, -0.25) is 0 Å². The van der Waals surface area contributed by atoms with Crippen molar-refractivity contribution in [3.8, 4) is 16.8 Å². The van der Waals surface area contributed by atoms with Crippen LogP contribution >= 0.6 is 11.6 Å². The molecule has 0 saturated carbocycles. The summed E-state index contributed by atoms with van der Waals surface area (Å²) in [5, 5.41) is 11.0. The molecule has 2 aliphatic rings. The van der Waals surface area contributed by atoms with Crippen LogP contribution in [0.3, 0.4) is 0 Å². The Morgan fingerprint density at radius 1 is 0.551 bits per heavy atom. The lowest BCUT2D eigenvalue weighted by Crippen LogP contribution is -2.48. The summed E-state index contributed by atoms with van der Waals surface area (Å²) in [7, 11) is 0. The molecule has 240 valence electrons. The molecule has 0 N–H and O–H groups in total. The normalized spacial score (nSPS) is 14.5. The van der Waals surface area contributed by atoms with Gasteiger partial charge in [0.1, 0.15) is 0 Å². The average molecular weight is 652 g/mol. The highest BCUT2D eigenvalue weighted by Crippen LogP contribution is 2.50. The van der Waals surface area contributed by atoms with Gasteiger partial charge >= 0.3 is 0 Å². The number of hydrogen-bond acceptors (Lipinski definition) is 1. The van der Waals surface area contributed by atoms with Gasteiger partial charge in [-0.2, -0.15) is 11.6 Å². The third-order valence-corrected chi connectivity index (χ3v) is 12.9. The topological polar surface area (TPSA) is 4.93 Å². The van der Waals surface area contributed by atoms with Gasteiger partial charge in [-0.15, -0.1) is 0 Å². The van der Waals surface area contributed by atoms with Gasteiger partial charge in [0.2, 0.25) is 0 Å². The summed E-state index contributed by atoms with van der Waals surface area (Å²) < 4.78 is 2.68. The first-order chi connectivity index (χ1) is 23.2. The summed E-state index contributed by atoms with van der Waals surface area (Å²) in [6.45, 7) is 21.1. The quantitative estimate of drug-likeness (QED) is 0.117. The highest BCUT2D eigenvalue weighted by atomic mass is 32.2. The number of benzene rings is 7. The third kappa shape index (κ3) is 3.91. The summed E-state index contributed by atoms with van der Waals surface area (Å²) in [4.78, 5) is 1.38. The summed E-state index contributed by atoms with van der Waals surface area (Å²) >= 11 is 2.05. The Morgan fingerprint density at radius 3 is 1.88 bits per heavy atom. The Morgan fingerprint density at radius 2 is 1.18 bits per heavy atom. The first-order valence-electron chi connectivity index (χ1n) is 17.9. The van der Waals surface area contributed by atoms with E-state index in [4.69, 9.17) is 0 Å². The standard InChI is InChI=1S/C46H42BNS/c1-44(2,3)27-16-19-36-33(22-27)34-23-29(46(7,8)9)24-35-42(34)48(36)43-32-18-15-26-21-28(45(4,5)6)20-25-14-17-31(39(32)38(25)26)40-30-12-10-11-13-37(30)49-47(35)41(40)43/h10-24H,1-9H3. The van der Waals surface area contributed by atoms with Gasteiger partial charge < -0.3 is 4.57 Å². The smallest absolute Gasteiger partial charge is 0.285 e. The molecule has 0 radical (unpaired) electrons. The van der Waals surface area contributed by atoms with Crippen molar-refractivity contribution in [2.75, 3.05) is 0 Å². The van der Waals surface area contributed by atoms with Gasteiger partial charge in [0.15, 0.2) is 0 Å². The molecule has 3 heteroatoms. The Kier molecular flexibility index (Phi) is 5.64. The minimum absolute atomic E-state index is 0.0282. The Balaban J connectivity index is 1.46. The van der Waals surface area contributed by atoms with E-state index >= 15 is 0 Å². The average Bonchev–Trinajstić information content (AvgIpc) is 3.38. The first kappa shape index (κ1) is 29.7. The van der Waals surface area contributed by atoms with Gasteiger partial charge in [-0.1, -0.05) is 129 Å². The van der Waals surface area contributed by atoms with Crippen molar-refractivity contribution in [3.05, 3.63) is 108 Å². The number of fused-ring (bicyclic) bond motifs is 9. The zero-order valence-corrected chi connectivity index (χ0v) is 30.9. The summed E-state index contributed by atoms with van der Waals surface area (Å²) in [6.07, 6.45) is 0. The second-order valence-corrected chi connectivity index (χ2v) is 19.0. The zero-order valence-electron chi connectivity index (χ0n) is 30.1. The number of nitrogens with zero attached hydrogens (tertiary/aromatic N) is 1. The van der Waals surface area contributed by atoms with Crippen LogP contribution in [0.15, 0.2) is 95.9 Å². The van der Waals surface area contributed by atoms with E-state index in [2.05, 4.69) is 169 Å². The summed E-state index contributed by atoms with van der Waals surface area (Å²) in [6, 6.07) is 36.1. The molecule has 10 rings (SSSR count). The summed E-state index contributed by atoms with van der Waals surface area (Å²) in [5.74, 6) is 0.206. The minimum Gasteiger partial charge on any atom is -0.310 e. The van der Waals surface area contributed by atoms with Crippen molar-refractivity contribution >= 4 is 82.7 Å². The first-order valence-corrected chi connectivity index (χ1v) is 18.8. The van der Waals surface area contributed by atoms with Gasteiger partial charge in [-0.05, 0) is 101 Å². The molecule has 2 aliphatic heterocycles. The fourth-order valence-electron chi connectivity index (χ4n) is 8.89. The monoisotopic (exact) mass is 651 g/mol. The van der Waals surface area contributed by atoms with Crippen molar-refractivity contribution in [2.45, 2.75) is 83.5 Å². The maximum atomic E-state index is 2.68. The molecule has 0 aliphatic carbocycles. The largest absolute Gasteiger partial charge is 0.310 e. The molecule has 0 spiro atoms. The minimum atomic E-state index is 0.0282. The molecule has 0 saturated heterocycles. The van der Waals surface area contributed by atoms with Crippen LogP contribution in [0, 0.1) is 0 Å². The van der Waals surface area contributed by atoms with E-state index in [9.17, 15) is 0 Å². The predicted octanol–water partition coefficient (Wildman–Crippen LogP) is 11.8. The van der Waals surface area contributed by atoms with Crippen LogP contribution in [0.1, 0.15) is 79.0 Å². The van der Waals surface area contributed by atoms with Gasteiger partial charge in [-0.25, -0.2) is 0 Å². The van der Waals surface area contributed by atoms with Crippen molar-refractivity contribution in [3.63, 3.8) is 0 Å². The highest BCUT2D eigenvalue weighted by Gasteiger charge is 2.42. The molecular formula is C46H42BNS. The third-order valence-electron chi connectivity index (χ3n) is 11.6. The van der Waals surface area contributed by atoms with E-state index in [0.717, 1.165) is 0 Å². The Bertz CT molecular complexity index is 2720. The molecule has 0 amide bonds. The Hall–Kier alpha value is -4.21. The van der Waals surface area contributed by atoms with Crippen molar-refractivity contribution in [1.29, 1.82) is 0 Å². The number of rotatable bonds is 0. The molecule has 0 bridgehead atoms. The number of hydrogen-bond donors (Lipinski definition) is 0. The molecule has 3 heterocycles. The zero-order chi connectivity index (χ0) is 33.9. The number of aromatic nitrogens is 1. The molecule has 1 nitrogen and oxygen atoms in total. The molecule has 7 aromatic carbocycles. The molecule has 8 aromatic rings. The van der Waals surface area contributed by atoms with Gasteiger partial charge in [0.05, 0.1) is 11.2 Å². The lowest BCUT2D eigenvalue weighted by atomic mass is 9.55. The fourth-order valence-corrected chi connectivity index (χ4v) is 10.3. The van der Waals surface area contributed by atoms with Crippen LogP contribution in [0.2, 0.25) is 0 Å². The Labute approximate surface area is 294 Å². The van der Waals surface area contributed by atoms with Crippen molar-refractivity contribution in [2.24, 2.45) is 0 Å². The summed E-state index contributed by atoms with van der Waals surface area (Å²) in [5.41, 5.74) is 14.1. The maximum absolute atomic E-state index is 2.68. The molecule has 49 heavy (non-hydrogen) atoms. The van der Waals surface area contributed by atoms with Gasteiger partial charge in [0, 0.05) is 32.0 Å². The second kappa shape index (κ2) is 9.31. The second-order valence-electron chi connectivity index (χ2n) is 17.8. The van der Waals surface area contributed by atoms with Crippen LogP contribution in [0.4, 0.5) is 0 Å². The van der Waals surface area contributed by atoms with E-state index in [1.807, 2.05) is 0 Å². The van der Waals surface area contributed by atoms with E-state index < -0.39 is 0 Å². The predicted molar refractivity (Wildman–Crippen MR) is 217 cm³/mol. The van der Waals surface area contributed by atoms with Gasteiger partial charge in [0.25, 0.3) is 5.99 Å². The highest BCUT2D eigenvalue weighted by molar-refractivity contribution is 8.28. The molecule has 1 aromatic heterocycles. The van der Waals surface area contributed by atoms with Crippen LogP contribution in [-0.2, 0) is 16.2 Å². The van der Waals surface area contributed by atoms with Crippen LogP contribution in [0.5, 0.6) is 0 Å². The molecular weight excluding hydrogens is 609 g/mol. The lowest BCUT2D eigenvalue weighted by molar-refractivity contribution is 0.590. The van der Waals surface area contributed by atoms with Crippen LogP contribution < -0.4 is 10.9 Å². The lowest BCUT2D eigenvalue weighted by Gasteiger charge is -2.36. The van der Waals surface area contributed by atoms with E-state index in [-0.39, 0.29) is 22.2 Å². The van der Waals surface area contributed by atoms with Crippen molar-refractivity contribution < 1.29 is 0 Å². The SMILES string of the molecule is CC(C)(C)c1cc2ccc3c4c5c(c6ccc(c1)c2c36)-n1c2ccc(C(C)(C)C)cc2c2cc(C(C)(C)C)cc(c21)B5Sc1ccccc1-4. The van der Waals surface area contributed by atoms with E-state index in [1.54, 1.807) is 0 Å². The van der Waals surface area contributed by atoms with Crippen LogP contribution in [0.25, 0.3) is 70.9 Å². The molecule has 0 fully saturated rings.